The van der Waals surface area contributed by atoms with Crippen LogP contribution in [0.4, 0.5) is 0 Å². The van der Waals surface area contributed by atoms with Crippen LogP contribution in [0.3, 0.4) is 0 Å². The molecule has 0 spiro atoms. The van der Waals surface area contributed by atoms with E-state index in [0.717, 1.165) is 4.47 Å². The van der Waals surface area contributed by atoms with Crippen molar-refractivity contribution < 1.29 is 4.74 Å². The summed E-state index contributed by atoms with van der Waals surface area (Å²) in [5, 5.41) is 0.287. The second-order valence-corrected chi connectivity index (χ2v) is 3.92. The van der Waals surface area contributed by atoms with E-state index in [0.29, 0.717) is 11.6 Å². The van der Waals surface area contributed by atoms with E-state index in [1.54, 1.807) is 18.5 Å². The van der Waals surface area contributed by atoms with E-state index < -0.39 is 0 Å². The first-order valence-corrected chi connectivity index (χ1v) is 5.17. The number of aromatic nitrogens is 3. The fourth-order valence-electron chi connectivity index (χ4n) is 0.944. The van der Waals surface area contributed by atoms with Gasteiger partial charge in [0.2, 0.25) is 5.88 Å². The van der Waals surface area contributed by atoms with Crippen molar-refractivity contribution in [1.29, 1.82) is 0 Å². The van der Waals surface area contributed by atoms with Crippen molar-refractivity contribution in [3.63, 3.8) is 0 Å². The van der Waals surface area contributed by atoms with Crippen molar-refractivity contribution in [3.05, 3.63) is 40.5 Å². The Labute approximate surface area is 99.4 Å². The van der Waals surface area contributed by atoms with Crippen molar-refractivity contribution in [2.24, 2.45) is 0 Å². The lowest BCUT2D eigenvalue weighted by Crippen LogP contribution is -1.89. The molecule has 0 saturated heterocycles. The summed E-state index contributed by atoms with van der Waals surface area (Å²) in [6.07, 6.45) is 6.16. The number of pyridine rings is 1. The predicted octanol–water partition coefficient (Wildman–Crippen LogP) is 3.08. The SMILES string of the molecule is Clc1cncc(Oc2cncc(Br)c2)n1. The Morgan fingerprint density at radius 1 is 1.13 bits per heavy atom. The fraction of sp³-hybridized carbons (Fsp3) is 0. The van der Waals surface area contributed by atoms with Gasteiger partial charge in [0, 0.05) is 10.7 Å². The van der Waals surface area contributed by atoms with Gasteiger partial charge in [-0.3, -0.25) is 9.97 Å². The molecule has 0 fully saturated rings. The van der Waals surface area contributed by atoms with Gasteiger partial charge in [0.25, 0.3) is 0 Å². The van der Waals surface area contributed by atoms with Gasteiger partial charge < -0.3 is 4.74 Å². The van der Waals surface area contributed by atoms with Crippen molar-refractivity contribution in [1.82, 2.24) is 15.0 Å². The summed E-state index contributed by atoms with van der Waals surface area (Å²) in [6, 6.07) is 1.77. The van der Waals surface area contributed by atoms with Gasteiger partial charge in [0.15, 0.2) is 5.15 Å². The Bertz CT molecular complexity index is 437. The minimum atomic E-state index is 0.287. The third-order valence-corrected chi connectivity index (χ3v) is 2.10. The Hall–Kier alpha value is -1.20. The van der Waals surface area contributed by atoms with E-state index in [-0.39, 0.29) is 5.15 Å². The zero-order chi connectivity index (χ0) is 10.7. The Kier molecular flexibility index (Phi) is 3.13. The second kappa shape index (κ2) is 4.55. The van der Waals surface area contributed by atoms with Crippen LogP contribution in [-0.2, 0) is 0 Å². The van der Waals surface area contributed by atoms with Gasteiger partial charge in [-0.25, -0.2) is 0 Å². The molecule has 76 valence electrons. The van der Waals surface area contributed by atoms with Crippen molar-refractivity contribution in [2.45, 2.75) is 0 Å². The highest BCUT2D eigenvalue weighted by Crippen LogP contribution is 2.21. The highest BCUT2D eigenvalue weighted by molar-refractivity contribution is 9.10. The highest BCUT2D eigenvalue weighted by atomic mass is 79.9. The monoisotopic (exact) mass is 285 g/mol. The molecule has 6 heteroatoms. The maximum absolute atomic E-state index is 5.66. The number of hydrogen-bond acceptors (Lipinski definition) is 4. The summed E-state index contributed by atoms with van der Waals surface area (Å²) < 4.78 is 6.22. The van der Waals surface area contributed by atoms with E-state index in [4.69, 9.17) is 16.3 Å². The lowest BCUT2D eigenvalue weighted by atomic mass is 10.5. The van der Waals surface area contributed by atoms with Crippen molar-refractivity contribution in [3.8, 4) is 11.6 Å². The van der Waals surface area contributed by atoms with Crippen LogP contribution in [0.15, 0.2) is 35.3 Å². The first-order chi connectivity index (χ1) is 7.24. The Balaban J connectivity index is 2.22. The largest absolute Gasteiger partial charge is 0.436 e. The average molecular weight is 287 g/mol. The average Bonchev–Trinajstić information content (AvgIpc) is 2.17. The third-order valence-electron chi connectivity index (χ3n) is 1.49. The summed E-state index contributed by atoms with van der Waals surface area (Å²) >= 11 is 8.95. The van der Waals surface area contributed by atoms with E-state index in [2.05, 4.69) is 30.9 Å². The molecule has 0 saturated carbocycles. The highest BCUT2D eigenvalue weighted by Gasteiger charge is 2.00. The molecule has 15 heavy (non-hydrogen) atoms. The van der Waals surface area contributed by atoms with Crippen LogP contribution in [-0.4, -0.2) is 15.0 Å². The number of halogens is 2. The molecule has 4 nitrogen and oxygen atoms in total. The summed E-state index contributed by atoms with van der Waals surface area (Å²) in [6.45, 7) is 0. The molecule has 0 bridgehead atoms. The van der Waals surface area contributed by atoms with Gasteiger partial charge in [0.1, 0.15) is 5.75 Å². The third kappa shape index (κ3) is 2.87. The van der Waals surface area contributed by atoms with Gasteiger partial charge in [0.05, 0.1) is 18.6 Å². The molecule has 2 heterocycles. The standard InChI is InChI=1S/C9H5BrClN3O/c10-6-1-7(3-12-2-6)15-9-5-13-4-8(11)14-9/h1-5H. The van der Waals surface area contributed by atoms with E-state index >= 15 is 0 Å². The number of ether oxygens (including phenoxy) is 1. The van der Waals surface area contributed by atoms with Crippen LogP contribution in [0, 0.1) is 0 Å². The molecule has 0 N–H and O–H groups in total. The fourth-order valence-corrected chi connectivity index (χ4v) is 1.43. The normalized spacial score (nSPS) is 10.0. The molecule has 0 aliphatic carbocycles. The zero-order valence-electron chi connectivity index (χ0n) is 7.39. The van der Waals surface area contributed by atoms with Gasteiger partial charge >= 0.3 is 0 Å². The topological polar surface area (TPSA) is 47.9 Å². The Morgan fingerprint density at radius 2 is 1.93 bits per heavy atom. The first kappa shape index (κ1) is 10.3. The molecule has 0 aliphatic heterocycles. The number of hydrogen-bond donors (Lipinski definition) is 0. The molecule has 0 amide bonds. The predicted molar refractivity (Wildman–Crippen MR) is 59.1 cm³/mol. The van der Waals surface area contributed by atoms with Gasteiger partial charge in [-0.2, -0.15) is 4.98 Å². The van der Waals surface area contributed by atoms with Crippen LogP contribution in [0.1, 0.15) is 0 Å². The summed E-state index contributed by atoms with van der Waals surface area (Å²) in [5.74, 6) is 0.906. The summed E-state index contributed by atoms with van der Waals surface area (Å²) in [5.41, 5.74) is 0. The molecule has 0 aromatic carbocycles. The van der Waals surface area contributed by atoms with Crippen LogP contribution < -0.4 is 4.74 Å². The van der Waals surface area contributed by atoms with Crippen LogP contribution >= 0.6 is 27.5 Å². The molecule has 0 aliphatic rings. The van der Waals surface area contributed by atoms with Crippen molar-refractivity contribution >= 4 is 27.5 Å². The first-order valence-electron chi connectivity index (χ1n) is 4.00. The summed E-state index contributed by atoms with van der Waals surface area (Å²) in [4.78, 5) is 11.7. The minimum absolute atomic E-state index is 0.287. The minimum Gasteiger partial charge on any atom is -0.436 e. The van der Waals surface area contributed by atoms with Crippen LogP contribution in [0.5, 0.6) is 11.6 Å². The number of rotatable bonds is 2. The van der Waals surface area contributed by atoms with Gasteiger partial charge in [-0.15, -0.1) is 0 Å². The molecule has 0 atom stereocenters. The lowest BCUT2D eigenvalue weighted by Gasteiger charge is -2.03. The maximum atomic E-state index is 5.66. The lowest BCUT2D eigenvalue weighted by molar-refractivity contribution is 0.458. The molecule has 2 aromatic heterocycles. The Morgan fingerprint density at radius 3 is 2.67 bits per heavy atom. The quantitative estimate of drug-likeness (QED) is 0.851. The van der Waals surface area contributed by atoms with Gasteiger partial charge in [-0.1, -0.05) is 11.6 Å². The smallest absolute Gasteiger partial charge is 0.239 e. The van der Waals surface area contributed by atoms with E-state index in [9.17, 15) is 0 Å². The van der Waals surface area contributed by atoms with Crippen LogP contribution in [0.2, 0.25) is 5.15 Å². The van der Waals surface area contributed by atoms with Gasteiger partial charge in [-0.05, 0) is 22.0 Å². The molecule has 2 rings (SSSR count). The number of nitrogens with zero attached hydrogens (tertiary/aromatic N) is 3. The zero-order valence-corrected chi connectivity index (χ0v) is 9.73. The molecular formula is C9H5BrClN3O. The maximum Gasteiger partial charge on any atom is 0.239 e. The molecular weight excluding hydrogens is 281 g/mol. The van der Waals surface area contributed by atoms with Crippen LogP contribution in [0.25, 0.3) is 0 Å². The molecule has 2 aromatic rings. The molecule has 0 radical (unpaired) electrons. The van der Waals surface area contributed by atoms with Crippen molar-refractivity contribution in [2.75, 3.05) is 0 Å². The van der Waals surface area contributed by atoms with E-state index in [1.807, 2.05) is 0 Å². The second-order valence-electron chi connectivity index (χ2n) is 2.62. The molecule has 0 unspecified atom stereocenters. The van der Waals surface area contributed by atoms with E-state index in [1.165, 1.54) is 12.4 Å². The summed E-state index contributed by atoms with van der Waals surface area (Å²) in [7, 11) is 0.